The van der Waals surface area contributed by atoms with Crippen molar-refractivity contribution in [3.05, 3.63) is 46.3 Å². The molecule has 4 aromatic heterocycles. The standard InChI is InChI=1S/C20H18ClN5O2S/c1-2-28-20(27)11-3-4-13-16(7-11)29-19-17(13)18(22-10-23-19)25-15-8-12-5-6-24-26(12)9-14(15)21/h5-6,8-11H,2-4,7H2,1H3,(H,22,23,25). The third kappa shape index (κ3) is 3.22. The van der Waals surface area contributed by atoms with Gasteiger partial charge in [-0.3, -0.25) is 4.79 Å². The third-order valence-electron chi connectivity index (χ3n) is 5.20. The molecule has 7 nitrogen and oxygen atoms in total. The molecule has 29 heavy (non-hydrogen) atoms. The van der Waals surface area contributed by atoms with Crippen molar-refractivity contribution in [1.82, 2.24) is 19.6 Å². The van der Waals surface area contributed by atoms with Crippen LogP contribution in [0.25, 0.3) is 15.7 Å². The molecular weight excluding hydrogens is 410 g/mol. The number of aryl methyl sites for hydroxylation is 1. The lowest BCUT2D eigenvalue weighted by Crippen LogP contribution is -2.23. The second kappa shape index (κ2) is 7.27. The summed E-state index contributed by atoms with van der Waals surface area (Å²) in [6, 6.07) is 3.86. The molecule has 9 heteroatoms. The molecule has 4 heterocycles. The van der Waals surface area contributed by atoms with E-state index in [1.165, 1.54) is 10.4 Å². The predicted molar refractivity (Wildman–Crippen MR) is 113 cm³/mol. The number of fused-ring (bicyclic) bond motifs is 4. The summed E-state index contributed by atoms with van der Waals surface area (Å²) in [6.07, 6.45) is 7.32. The number of esters is 1. The molecule has 0 saturated heterocycles. The molecule has 1 aliphatic carbocycles. The average Bonchev–Trinajstić information content (AvgIpc) is 3.31. The maximum absolute atomic E-state index is 12.2. The second-order valence-corrected chi connectivity index (χ2v) is 8.45. The van der Waals surface area contributed by atoms with Crippen LogP contribution in [0.2, 0.25) is 5.02 Å². The number of hydrogen-bond donors (Lipinski definition) is 1. The summed E-state index contributed by atoms with van der Waals surface area (Å²) in [7, 11) is 0. The minimum Gasteiger partial charge on any atom is -0.466 e. The lowest BCUT2D eigenvalue weighted by atomic mass is 9.88. The zero-order chi connectivity index (χ0) is 20.0. The first-order chi connectivity index (χ1) is 14.1. The zero-order valence-corrected chi connectivity index (χ0v) is 17.3. The van der Waals surface area contributed by atoms with E-state index in [9.17, 15) is 4.79 Å². The number of ether oxygens (including phenoxy) is 1. The van der Waals surface area contributed by atoms with E-state index in [2.05, 4.69) is 20.4 Å². The van der Waals surface area contributed by atoms with Crippen molar-refractivity contribution in [3.63, 3.8) is 0 Å². The van der Waals surface area contributed by atoms with Crippen molar-refractivity contribution in [2.75, 3.05) is 11.9 Å². The van der Waals surface area contributed by atoms with Crippen molar-refractivity contribution in [1.29, 1.82) is 0 Å². The smallest absolute Gasteiger partial charge is 0.309 e. The van der Waals surface area contributed by atoms with Crippen molar-refractivity contribution < 1.29 is 9.53 Å². The van der Waals surface area contributed by atoms with Gasteiger partial charge in [-0.25, -0.2) is 14.5 Å². The van der Waals surface area contributed by atoms with Crippen LogP contribution in [0.1, 0.15) is 23.8 Å². The van der Waals surface area contributed by atoms with Crippen molar-refractivity contribution in [2.24, 2.45) is 5.92 Å². The second-order valence-electron chi connectivity index (χ2n) is 6.96. The fourth-order valence-corrected chi connectivity index (χ4v) is 5.29. The molecule has 1 aliphatic rings. The van der Waals surface area contributed by atoms with Crippen LogP contribution in [-0.2, 0) is 22.4 Å². The summed E-state index contributed by atoms with van der Waals surface area (Å²) in [5, 5.41) is 9.15. The Labute approximate surface area is 175 Å². The van der Waals surface area contributed by atoms with Gasteiger partial charge in [0, 0.05) is 17.3 Å². The Morgan fingerprint density at radius 1 is 1.45 bits per heavy atom. The molecule has 148 valence electrons. The number of thiophene rings is 1. The SMILES string of the molecule is CCOC(=O)C1CCc2c(sc3ncnc(Nc4cc5ccnn5cc4Cl)c23)C1. The van der Waals surface area contributed by atoms with Crippen LogP contribution in [0.5, 0.6) is 0 Å². The Kier molecular flexibility index (Phi) is 4.60. The topological polar surface area (TPSA) is 81.4 Å². The molecular formula is C20H18ClN5O2S. The number of nitrogens with one attached hydrogen (secondary N) is 1. The van der Waals surface area contributed by atoms with E-state index >= 15 is 0 Å². The molecule has 1 unspecified atom stereocenters. The quantitative estimate of drug-likeness (QED) is 0.486. The van der Waals surface area contributed by atoms with Crippen molar-refractivity contribution >= 4 is 56.1 Å². The van der Waals surface area contributed by atoms with Gasteiger partial charge in [0.2, 0.25) is 0 Å². The normalized spacial score (nSPS) is 16.1. The number of halogens is 1. The molecule has 0 bridgehead atoms. The van der Waals surface area contributed by atoms with Crippen molar-refractivity contribution in [2.45, 2.75) is 26.2 Å². The summed E-state index contributed by atoms with van der Waals surface area (Å²) in [6.45, 7) is 2.25. The largest absolute Gasteiger partial charge is 0.466 e. The van der Waals surface area contributed by atoms with Crippen LogP contribution >= 0.6 is 22.9 Å². The minimum atomic E-state index is -0.110. The Balaban J connectivity index is 1.52. The minimum absolute atomic E-state index is 0.0846. The number of carbonyl (C=O) groups excluding carboxylic acids is 1. The van der Waals surface area contributed by atoms with Crippen LogP contribution in [-0.4, -0.2) is 32.2 Å². The summed E-state index contributed by atoms with van der Waals surface area (Å²) in [5.41, 5.74) is 2.92. The molecule has 0 spiro atoms. The molecule has 0 aliphatic heterocycles. The molecule has 0 fully saturated rings. The number of nitrogens with zero attached hydrogens (tertiary/aromatic N) is 4. The Morgan fingerprint density at radius 3 is 3.21 bits per heavy atom. The highest BCUT2D eigenvalue weighted by molar-refractivity contribution is 7.19. The van der Waals surface area contributed by atoms with Gasteiger partial charge in [0.15, 0.2) is 0 Å². The first-order valence-corrected chi connectivity index (χ1v) is 10.6. The summed E-state index contributed by atoms with van der Waals surface area (Å²) in [4.78, 5) is 23.2. The summed E-state index contributed by atoms with van der Waals surface area (Å²) in [5.74, 6) is 0.535. The first kappa shape index (κ1) is 18.3. The van der Waals surface area contributed by atoms with Gasteiger partial charge < -0.3 is 10.1 Å². The van der Waals surface area contributed by atoms with Crippen LogP contribution in [0.3, 0.4) is 0 Å². The number of pyridine rings is 1. The van der Waals surface area contributed by atoms with E-state index in [1.54, 1.807) is 34.6 Å². The fraction of sp³-hybridized carbons (Fsp3) is 0.300. The molecule has 1 atom stereocenters. The Hall–Kier alpha value is -2.71. The molecule has 1 N–H and O–H groups in total. The van der Waals surface area contributed by atoms with Crippen LogP contribution < -0.4 is 5.32 Å². The highest BCUT2D eigenvalue weighted by atomic mass is 35.5. The lowest BCUT2D eigenvalue weighted by molar-refractivity contribution is -0.148. The lowest BCUT2D eigenvalue weighted by Gasteiger charge is -2.20. The molecule has 0 amide bonds. The predicted octanol–water partition coefficient (Wildman–Crippen LogP) is 4.40. The number of anilines is 2. The van der Waals surface area contributed by atoms with Gasteiger partial charge in [-0.2, -0.15) is 5.10 Å². The van der Waals surface area contributed by atoms with Gasteiger partial charge in [0.1, 0.15) is 17.0 Å². The van der Waals surface area contributed by atoms with E-state index in [1.807, 2.05) is 19.1 Å². The summed E-state index contributed by atoms with van der Waals surface area (Å²) >= 11 is 8.07. The third-order valence-corrected chi connectivity index (χ3v) is 6.67. The van der Waals surface area contributed by atoms with Crippen molar-refractivity contribution in [3.8, 4) is 0 Å². The highest BCUT2D eigenvalue weighted by Crippen LogP contribution is 2.41. The van der Waals surface area contributed by atoms with Crippen LogP contribution in [0, 0.1) is 5.92 Å². The number of carbonyl (C=O) groups is 1. The highest BCUT2D eigenvalue weighted by Gasteiger charge is 2.30. The number of rotatable bonds is 4. The first-order valence-electron chi connectivity index (χ1n) is 9.46. The van der Waals surface area contributed by atoms with E-state index < -0.39 is 0 Å². The van der Waals surface area contributed by atoms with E-state index in [0.717, 1.165) is 40.1 Å². The van der Waals surface area contributed by atoms with E-state index in [0.29, 0.717) is 18.1 Å². The monoisotopic (exact) mass is 427 g/mol. The van der Waals surface area contributed by atoms with Gasteiger partial charge in [-0.15, -0.1) is 11.3 Å². The summed E-state index contributed by atoms with van der Waals surface area (Å²) < 4.78 is 6.95. The Bertz CT molecular complexity index is 1230. The molecule has 0 saturated carbocycles. The average molecular weight is 428 g/mol. The molecule has 5 rings (SSSR count). The van der Waals surface area contributed by atoms with E-state index in [-0.39, 0.29) is 11.9 Å². The molecule has 0 aromatic carbocycles. The van der Waals surface area contributed by atoms with Gasteiger partial charge >= 0.3 is 5.97 Å². The van der Waals surface area contributed by atoms with Gasteiger partial charge in [-0.1, -0.05) is 11.6 Å². The maximum atomic E-state index is 12.2. The van der Waals surface area contributed by atoms with Crippen LogP contribution in [0.4, 0.5) is 11.5 Å². The molecule has 4 aromatic rings. The number of hydrogen-bond acceptors (Lipinski definition) is 7. The van der Waals surface area contributed by atoms with Gasteiger partial charge in [0.05, 0.1) is 34.1 Å². The Morgan fingerprint density at radius 2 is 2.34 bits per heavy atom. The molecule has 0 radical (unpaired) electrons. The van der Waals surface area contributed by atoms with E-state index in [4.69, 9.17) is 16.3 Å². The van der Waals surface area contributed by atoms with Gasteiger partial charge in [0.25, 0.3) is 0 Å². The number of aromatic nitrogens is 4. The van der Waals surface area contributed by atoms with Gasteiger partial charge in [-0.05, 0) is 43.9 Å². The van der Waals surface area contributed by atoms with Crippen LogP contribution in [0.15, 0.2) is 30.9 Å². The fourth-order valence-electron chi connectivity index (χ4n) is 3.83. The maximum Gasteiger partial charge on any atom is 0.309 e. The zero-order valence-electron chi connectivity index (χ0n) is 15.7.